The van der Waals surface area contributed by atoms with Gasteiger partial charge in [0.1, 0.15) is 0 Å². The average Bonchev–Trinajstić information content (AvgIpc) is 1.66. The Bertz CT molecular complexity index is 50.3. The van der Waals surface area contributed by atoms with E-state index in [9.17, 15) is 0 Å². The fourth-order valence-electron chi connectivity index (χ4n) is 0.391. The second-order valence-corrected chi connectivity index (χ2v) is 2.02. The van der Waals surface area contributed by atoms with Crippen molar-refractivity contribution >= 4 is 0 Å². The van der Waals surface area contributed by atoms with Crippen LogP contribution in [-0.2, 0) is 4.74 Å². The van der Waals surface area contributed by atoms with Crippen molar-refractivity contribution in [2.24, 2.45) is 0 Å². The second kappa shape index (κ2) is 9.56. The molecule has 2 nitrogen and oxygen atoms in total. The maximum atomic E-state index is 6.77. The molecule has 0 saturated heterocycles. The minimum Gasteiger partial charge on any atom is -0.677 e. The van der Waals surface area contributed by atoms with E-state index >= 15 is 0 Å². The van der Waals surface area contributed by atoms with Gasteiger partial charge in [0.25, 0.3) is 0 Å². The summed E-state index contributed by atoms with van der Waals surface area (Å²) in [6, 6.07) is 0. The molecule has 0 aliphatic rings. The van der Waals surface area contributed by atoms with Gasteiger partial charge in [-0.05, 0) is 20.3 Å². The Morgan fingerprint density at radius 3 is 2.33 bits per heavy atom. The van der Waals surface area contributed by atoms with Crippen molar-refractivity contribution in [1.82, 2.24) is 0 Å². The molecule has 0 spiro atoms. The van der Waals surface area contributed by atoms with Gasteiger partial charge in [0.2, 0.25) is 0 Å². The Morgan fingerprint density at radius 1 is 1.44 bits per heavy atom. The normalized spacial score (nSPS) is 9.33. The molecule has 0 radical (unpaired) electrons. The fourth-order valence-corrected chi connectivity index (χ4v) is 0.391. The van der Waals surface area contributed by atoms with E-state index in [4.69, 9.17) is 10.5 Å². The average molecular weight is 155 g/mol. The number of hydrogen-bond acceptors (Lipinski definition) is 1. The first kappa shape index (κ1) is 13.2. The number of hydrogen-bond donors (Lipinski definition) is 0. The molecule has 0 heterocycles. The zero-order valence-electron chi connectivity index (χ0n) is 6.61. The molecule has 0 bridgehead atoms. The van der Waals surface area contributed by atoms with Gasteiger partial charge in [-0.1, -0.05) is 0 Å². The summed E-state index contributed by atoms with van der Waals surface area (Å²) in [7, 11) is 0. The van der Waals surface area contributed by atoms with Crippen molar-refractivity contribution in [3.05, 3.63) is 5.73 Å². The monoisotopic (exact) mass is 155 g/mol. The van der Waals surface area contributed by atoms with Crippen molar-refractivity contribution in [2.45, 2.75) is 26.4 Å². The summed E-state index contributed by atoms with van der Waals surface area (Å²) in [6.07, 6.45) is 1.18. The molecule has 0 aromatic rings. The van der Waals surface area contributed by atoms with Crippen molar-refractivity contribution in [3.63, 3.8) is 0 Å². The molecule has 0 aliphatic heterocycles. The summed E-state index contributed by atoms with van der Waals surface area (Å²) in [5.74, 6) is 0. The first-order chi connectivity index (χ1) is 3.77. The van der Waals surface area contributed by atoms with Crippen molar-refractivity contribution in [3.8, 4) is 0 Å². The summed E-state index contributed by atoms with van der Waals surface area (Å²) in [4.78, 5) is 0. The molecule has 0 atom stereocenters. The number of ether oxygens (including phenoxy) is 1. The molecule has 0 aliphatic carbocycles. The van der Waals surface area contributed by atoms with Crippen LogP contribution in [0.1, 0.15) is 20.3 Å². The second-order valence-electron chi connectivity index (χ2n) is 2.02. The summed E-state index contributed by atoms with van der Waals surface area (Å²) in [6.45, 7) is 5.22. The van der Waals surface area contributed by atoms with Gasteiger partial charge in [0.05, 0.1) is 6.10 Å². The minimum absolute atomic E-state index is 0. The van der Waals surface area contributed by atoms with Gasteiger partial charge in [-0.3, -0.25) is 0 Å². The van der Waals surface area contributed by atoms with Gasteiger partial charge >= 0.3 is 51.4 Å². The molecule has 0 unspecified atom stereocenters. The molecule has 0 rings (SSSR count). The molecule has 9 heavy (non-hydrogen) atoms. The fraction of sp³-hybridized carbons (Fsp3) is 1.00. The van der Waals surface area contributed by atoms with Crippen LogP contribution in [0.3, 0.4) is 0 Å². The van der Waals surface area contributed by atoms with Gasteiger partial charge in [0, 0.05) is 6.61 Å². The predicted octanol–water partition coefficient (Wildman–Crippen LogP) is -1.14. The van der Waals surface area contributed by atoms with E-state index in [0.29, 0.717) is 12.6 Å². The van der Waals surface area contributed by atoms with E-state index in [0.717, 1.165) is 13.0 Å². The molecule has 0 amide bonds. The molecule has 50 valence electrons. The van der Waals surface area contributed by atoms with Crippen LogP contribution in [0.2, 0.25) is 0 Å². The van der Waals surface area contributed by atoms with E-state index in [-0.39, 0.29) is 51.4 Å². The Labute approximate surface area is 99.9 Å². The zero-order chi connectivity index (χ0) is 6.41. The van der Waals surface area contributed by atoms with Crippen molar-refractivity contribution in [1.29, 1.82) is 0 Å². The Kier molecular flexibility index (Phi) is 14.0. The Balaban J connectivity index is 0. The van der Waals surface area contributed by atoms with Crippen LogP contribution in [0.5, 0.6) is 0 Å². The summed E-state index contributed by atoms with van der Waals surface area (Å²) < 4.78 is 5.16. The van der Waals surface area contributed by atoms with Crippen LogP contribution in [0.15, 0.2) is 0 Å². The van der Waals surface area contributed by atoms with E-state index < -0.39 is 0 Å². The zero-order valence-corrected chi connectivity index (χ0v) is 9.73. The molecule has 3 heteroatoms. The predicted molar refractivity (Wildman–Crippen MR) is 34.9 cm³/mol. The quantitative estimate of drug-likeness (QED) is 0.373. The van der Waals surface area contributed by atoms with Crippen LogP contribution >= 0.6 is 0 Å². The summed E-state index contributed by atoms with van der Waals surface area (Å²) in [5.41, 5.74) is 6.77. The third-order valence-electron chi connectivity index (χ3n) is 0.772. The van der Waals surface area contributed by atoms with Gasteiger partial charge in [-0.2, -0.15) is 0 Å². The standard InChI is InChI=1S/C6H14NO.K/c1-6(2)8-5-3-4-7;/h6-7H,3-5H2,1-2H3;/q-1;+1. The van der Waals surface area contributed by atoms with Crippen LogP contribution < -0.4 is 51.4 Å². The maximum Gasteiger partial charge on any atom is 1.00 e. The van der Waals surface area contributed by atoms with Crippen molar-refractivity contribution in [2.75, 3.05) is 13.2 Å². The molecule has 0 fully saturated rings. The van der Waals surface area contributed by atoms with Gasteiger partial charge < -0.3 is 10.5 Å². The first-order valence-corrected chi connectivity index (χ1v) is 3.03. The Hall–Kier alpha value is 1.56. The van der Waals surface area contributed by atoms with Crippen LogP contribution in [0.25, 0.3) is 5.73 Å². The summed E-state index contributed by atoms with van der Waals surface area (Å²) in [5, 5.41) is 0. The topological polar surface area (TPSA) is 33.0 Å². The van der Waals surface area contributed by atoms with E-state index in [1.807, 2.05) is 13.8 Å². The minimum atomic E-state index is 0. The summed E-state index contributed by atoms with van der Waals surface area (Å²) >= 11 is 0. The smallest absolute Gasteiger partial charge is 0.677 e. The molecule has 0 saturated carbocycles. The largest absolute Gasteiger partial charge is 1.00 e. The Morgan fingerprint density at radius 2 is 2.00 bits per heavy atom. The van der Waals surface area contributed by atoms with E-state index in [1.165, 1.54) is 0 Å². The van der Waals surface area contributed by atoms with Gasteiger partial charge in [-0.15, -0.1) is 6.54 Å². The molecule has 1 N–H and O–H groups in total. The molecular formula is C6H14KNO. The van der Waals surface area contributed by atoms with Crippen molar-refractivity contribution < 1.29 is 56.1 Å². The molecule has 0 aromatic heterocycles. The van der Waals surface area contributed by atoms with Gasteiger partial charge in [-0.25, -0.2) is 0 Å². The third-order valence-corrected chi connectivity index (χ3v) is 0.772. The third kappa shape index (κ3) is 12.7. The first-order valence-electron chi connectivity index (χ1n) is 3.03. The number of nitrogens with one attached hydrogen (secondary N) is 1. The van der Waals surface area contributed by atoms with Crippen LogP contribution in [0.4, 0.5) is 0 Å². The van der Waals surface area contributed by atoms with Crippen LogP contribution in [0, 0.1) is 0 Å². The maximum absolute atomic E-state index is 6.77. The number of rotatable bonds is 4. The van der Waals surface area contributed by atoms with Gasteiger partial charge in [0.15, 0.2) is 0 Å². The van der Waals surface area contributed by atoms with E-state index in [1.54, 1.807) is 0 Å². The van der Waals surface area contributed by atoms with E-state index in [2.05, 4.69) is 0 Å². The SMILES string of the molecule is CC(C)OCCC[NH-].[K+]. The molecular weight excluding hydrogens is 141 g/mol. The molecule has 0 aromatic carbocycles. The van der Waals surface area contributed by atoms with Crippen LogP contribution in [-0.4, -0.2) is 19.3 Å².